The molecule has 0 saturated carbocycles. The summed E-state index contributed by atoms with van der Waals surface area (Å²) in [7, 11) is 2.18. The number of nitrogens with zero attached hydrogens (tertiary/aromatic N) is 2. The summed E-state index contributed by atoms with van der Waals surface area (Å²) in [5, 5.41) is 3.05. The standard InChI is InChI=1S/C23H31N3OS/c1-19-5-3-8-22(13-19)17-28-18-23(27)24-15-20-6-4-7-21(14-20)16-26-11-9-25(2)10-12-26/h3-8,13-14H,9-12,15-18H2,1-2H3,(H,24,27). The normalized spacial score (nSPS) is 15.5. The maximum Gasteiger partial charge on any atom is 0.230 e. The fraction of sp³-hybridized carbons (Fsp3) is 0.435. The lowest BCUT2D eigenvalue weighted by molar-refractivity contribution is -0.118. The van der Waals surface area contributed by atoms with Gasteiger partial charge in [-0.05, 0) is 30.7 Å². The molecular weight excluding hydrogens is 366 g/mol. The minimum absolute atomic E-state index is 0.0992. The zero-order valence-electron chi connectivity index (χ0n) is 17.0. The van der Waals surface area contributed by atoms with Crippen molar-refractivity contribution in [2.45, 2.75) is 25.8 Å². The molecule has 0 bridgehead atoms. The van der Waals surface area contributed by atoms with Crippen molar-refractivity contribution in [3.05, 3.63) is 70.8 Å². The molecule has 1 aliphatic rings. The molecule has 2 aromatic rings. The molecule has 0 aromatic heterocycles. The van der Waals surface area contributed by atoms with Crippen LogP contribution in [0.3, 0.4) is 0 Å². The van der Waals surface area contributed by atoms with Crippen molar-refractivity contribution in [3.63, 3.8) is 0 Å². The van der Waals surface area contributed by atoms with Crippen LogP contribution in [0.15, 0.2) is 48.5 Å². The van der Waals surface area contributed by atoms with Gasteiger partial charge in [-0.25, -0.2) is 0 Å². The Labute approximate surface area is 173 Å². The van der Waals surface area contributed by atoms with Crippen molar-refractivity contribution < 1.29 is 4.79 Å². The minimum atomic E-state index is 0.0992. The van der Waals surface area contributed by atoms with Crippen LogP contribution in [0.5, 0.6) is 0 Å². The third kappa shape index (κ3) is 6.97. The summed E-state index contributed by atoms with van der Waals surface area (Å²) in [6.07, 6.45) is 0. The predicted octanol–water partition coefficient (Wildman–Crippen LogP) is 3.29. The second kappa shape index (κ2) is 10.6. The average Bonchev–Trinajstić information content (AvgIpc) is 2.69. The summed E-state index contributed by atoms with van der Waals surface area (Å²) < 4.78 is 0. The number of benzene rings is 2. The maximum atomic E-state index is 12.2. The van der Waals surface area contributed by atoms with E-state index in [1.165, 1.54) is 22.3 Å². The number of thioether (sulfide) groups is 1. The largest absolute Gasteiger partial charge is 0.351 e. The first-order valence-electron chi connectivity index (χ1n) is 9.97. The topological polar surface area (TPSA) is 35.6 Å². The highest BCUT2D eigenvalue weighted by molar-refractivity contribution is 7.99. The third-order valence-electron chi connectivity index (χ3n) is 5.07. The molecule has 0 atom stereocenters. The second-order valence-corrected chi connectivity index (χ2v) is 8.64. The zero-order chi connectivity index (χ0) is 19.8. The van der Waals surface area contributed by atoms with E-state index in [0.29, 0.717) is 12.3 Å². The lowest BCUT2D eigenvalue weighted by atomic mass is 10.1. The van der Waals surface area contributed by atoms with E-state index in [1.54, 1.807) is 11.8 Å². The monoisotopic (exact) mass is 397 g/mol. The molecule has 1 amide bonds. The van der Waals surface area contributed by atoms with E-state index in [-0.39, 0.29) is 5.91 Å². The van der Waals surface area contributed by atoms with Crippen LogP contribution in [0.1, 0.15) is 22.3 Å². The molecule has 1 fully saturated rings. The Morgan fingerprint density at radius 2 is 1.71 bits per heavy atom. The van der Waals surface area contributed by atoms with Gasteiger partial charge in [-0.3, -0.25) is 9.69 Å². The summed E-state index contributed by atoms with van der Waals surface area (Å²) in [6.45, 7) is 8.19. The van der Waals surface area contributed by atoms with Crippen LogP contribution in [0.4, 0.5) is 0 Å². The van der Waals surface area contributed by atoms with Gasteiger partial charge >= 0.3 is 0 Å². The Bertz CT molecular complexity index is 772. The van der Waals surface area contributed by atoms with Gasteiger partial charge in [0.1, 0.15) is 0 Å². The van der Waals surface area contributed by atoms with E-state index >= 15 is 0 Å². The first-order chi connectivity index (χ1) is 13.6. The molecule has 0 spiro atoms. The van der Waals surface area contributed by atoms with Crippen molar-refractivity contribution in [2.24, 2.45) is 0 Å². The van der Waals surface area contributed by atoms with Crippen molar-refractivity contribution in [3.8, 4) is 0 Å². The van der Waals surface area contributed by atoms with E-state index in [4.69, 9.17) is 0 Å². The number of amides is 1. The molecule has 1 heterocycles. The van der Waals surface area contributed by atoms with Gasteiger partial charge in [-0.15, -0.1) is 11.8 Å². The third-order valence-corrected chi connectivity index (χ3v) is 6.07. The highest BCUT2D eigenvalue weighted by Crippen LogP contribution is 2.14. The van der Waals surface area contributed by atoms with Gasteiger partial charge in [0.2, 0.25) is 5.91 Å². The van der Waals surface area contributed by atoms with Crippen LogP contribution in [-0.4, -0.2) is 54.7 Å². The molecule has 1 aliphatic heterocycles. The summed E-state index contributed by atoms with van der Waals surface area (Å²) >= 11 is 1.66. The molecule has 1 saturated heterocycles. The van der Waals surface area contributed by atoms with E-state index in [2.05, 4.69) is 77.6 Å². The summed E-state index contributed by atoms with van der Waals surface area (Å²) in [6, 6.07) is 17.0. The molecule has 150 valence electrons. The van der Waals surface area contributed by atoms with Gasteiger partial charge in [-0.1, -0.05) is 54.1 Å². The Hall–Kier alpha value is -1.82. The van der Waals surface area contributed by atoms with Crippen molar-refractivity contribution in [1.29, 1.82) is 0 Å². The number of carbonyl (C=O) groups is 1. The number of aryl methyl sites for hydroxylation is 1. The first-order valence-corrected chi connectivity index (χ1v) is 11.1. The van der Waals surface area contributed by atoms with E-state index in [9.17, 15) is 4.79 Å². The molecule has 0 radical (unpaired) electrons. The number of hydrogen-bond donors (Lipinski definition) is 1. The number of piperazine rings is 1. The zero-order valence-corrected chi connectivity index (χ0v) is 17.8. The molecule has 5 heteroatoms. The highest BCUT2D eigenvalue weighted by atomic mass is 32.2. The molecule has 1 N–H and O–H groups in total. The average molecular weight is 398 g/mol. The van der Waals surface area contributed by atoms with Crippen LogP contribution in [0.25, 0.3) is 0 Å². The van der Waals surface area contributed by atoms with Gasteiger partial charge in [0.25, 0.3) is 0 Å². The number of carbonyl (C=O) groups excluding carboxylic acids is 1. The van der Waals surface area contributed by atoms with E-state index in [0.717, 1.165) is 38.5 Å². The number of rotatable bonds is 8. The van der Waals surface area contributed by atoms with Crippen LogP contribution < -0.4 is 5.32 Å². The van der Waals surface area contributed by atoms with Crippen LogP contribution >= 0.6 is 11.8 Å². The lowest BCUT2D eigenvalue weighted by Crippen LogP contribution is -2.43. The Kier molecular flexibility index (Phi) is 7.95. The van der Waals surface area contributed by atoms with Gasteiger partial charge in [0.15, 0.2) is 0 Å². The highest BCUT2D eigenvalue weighted by Gasteiger charge is 2.13. The maximum absolute atomic E-state index is 12.2. The van der Waals surface area contributed by atoms with Gasteiger partial charge in [-0.2, -0.15) is 0 Å². The smallest absolute Gasteiger partial charge is 0.230 e. The van der Waals surface area contributed by atoms with Crippen LogP contribution in [0.2, 0.25) is 0 Å². The summed E-state index contributed by atoms with van der Waals surface area (Å²) in [4.78, 5) is 17.0. The molecule has 4 nitrogen and oxygen atoms in total. The number of hydrogen-bond acceptors (Lipinski definition) is 4. The minimum Gasteiger partial charge on any atom is -0.351 e. The second-order valence-electron chi connectivity index (χ2n) is 7.66. The Balaban J connectivity index is 1.39. The first kappa shape index (κ1) is 20.9. The summed E-state index contributed by atoms with van der Waals surface area (Å²) in [5.74, 6) is 1.46. The van der Waals surface area contributed by atoms with Gasteiger partial charge in [0, 0.05) is 45.0 Å². The quantitative estimate of drug-likeness (QED) is 0.741. The summed E-state index contributed by atoms with van der Waals surface area (Å²) in [5.41, 5.74) is 5.03. The fourth-order valence-corrected chi connectivity index (χ4v) is 4.22. The van der Waals surface area contributed by atoms with Crippen LogP contribution in [-0.2, 0) is 23.6 Å². The predicted molar refractivity (Wildman–Crippen MR) is 118 cm³/mol. The molecule has 0 unspecified atom stereocenters. The van der Waals surface area contributed by atoms with E-state index in [1.807, 2.05) is 0 Å². The number of likely N-dealkylation sites (N-methyl/N-ethyl adjacent to an activating group) is 1. The van der Waals surface area contributed by atoms with Gasteiger partial charge < -0.3 is 10.2 Å². The SMILES string of the molecule is Cc1cccc(CSCC(=O)NCc2cccc(CN3CCN(C)CC3)c2)c1. The van der Waals surface area contributed by atoms with E-state index < -0.39 is 0 Å². The molecule has 3 rings (SSSR count). The van der Waals surface area contributed by atoms with Crippen molar-refractivity contribution >= 4 is 17.7 Å². The fourth-order valence-electron chi connectivity index (χ4n) is 3.42. The Morgan fingerprint density at radius 1 is 1.00 bits per heavy atom. The molecule has 0 aliphatic carbocycles. The molecule has 2 aromatic carbocycles. The van der Waals surface area contributed by atoms with Crippen LogP contribution in [0, 0.1) is 6.92 Å². The van der Waals surface area contributed by atoms with Gasteiger partial charge in [0.05, 0.1) is 5.75 Å². The lowest BCUT2D eigenvalue weighted by Gasteiger charge is -2.32. The number of nitrogens with one attached hydrogen (secondary N) is 1. The van der Waals surface area contributed by atoms with Crippen molar-refractivity contribution in [1.82, 2.24) is 15.1 Å². The van der Waals surface area contributed by atoms with Crippen molar-refractivity contribution in [2.75, 3.05) is 39.0 Å². The Morgan fingerprint density at radius 3 is 2.50 bits per heavy atom. The molecule has 28 heavy (non-hydrogen) atoms. The molecular formula is C23H31N3OS.